The van der Waals surface area contributed by atoms with Gasteiger partial charge in [-0.05, 0) is 43.2 Å². The third-order valence-corrected chi connectivity index (χ3v) is 4.77. The van der Waals surface area contributed by atoms with Crippen LogP contribution in [0.4, 0.5) is 0 Å². The molecule has 0 N–H and O–H groups in total. The fourth-order valence-corrected chi connectivity index (χ4v) is 3.24. The fourth-order valence-electron chi connectivity index (χ4n) is 2.98. The van der Waals surface area contributed by atoms with E-state index in [4.69, 9.17) is 4.74 Å². The molecule has 1 aliphatic carbocycles. The van der Waals surface area contributed by atoms with Crippen molar-refractivity contribution in [2.24, 2.45) is 17.8 Å². The van der Waals surface area contributed by atoms with Crippen molar-refractivity contribution >= 4 is 27.7 Å². The Kier molecular flexibility index (Phi) is 5.57. The summed E-state index contributed by atoms with van der Waals surface area (Å²) >= 11 is 3.32. The van der Waals surface area contributed by atoms with E-state index in [9.17, 15) is 9.59 Å². The molecule has 1 aromatic carbocycles. The summed E-state index contributed by atoms with van der Waals surface area (Å²) in [6, 6.07) is 7.07. The monoisotopic (exact) mass is 352 g/mol. The van der Waals surface area contributed by atoms with E-state index < -0.39 is 0 Å². The summed E-state index contributed by atoms with van der Waals surface area (Å²) < 4.78 is 6.15. The number of hydrogen-bond acceptors (Lipinski definition) is 3. The normalized spacial score (nSPS) is 25.4. The first-order valence-corrected chi connectivity index (χ1v) is 8.22. The van der Waals surface area contributed by atoms with Gasteiger partial charge in [0.2, 0.25) is 0 Å². The van der Waals surface area contributed by atoms with E-state index in [1.165, 1.54) is 0 Å². The molecular weight excluding hydrogens is 332 g/mol. The molecule has 0 radical (unpaired) electrons. The first-order chi connectivity index (χ1) is 9.97. The summed E-state index contributed by atoms with van der Waals surface area (Å²) in [5.74, 6) is 0.573. The fraction of sp³-hybridized carbons (Fsp3) is 0.529. The van der Waals surface area contributed by atoms with Gasteiger partial charge in [0.25, 0.3) is 0 Å². The predicted molar refractivity (Wildman–Crippen MR) is 85.1 cm³/mol. The largest absolute Gasteiger partial charge is 0.457 e. The Hall–Kier alpha value is -1.16. The quantitative estimate of drug-likeness (QED) is 0.600. The van der Waals surface area contributed by atoms with Gasteiger partial charge in [-0.15, -0.1) is 0 Å². The Balaban J connectivity index is 1.86. The molecule has 0 bridgehead atoms. The number of benzene rings is 1. The number of ketones is 1. The molecule has 0 amide bonds. The van der Waals surface area contributed by atoms with Crippen LogP contribution in [0.2, 0.25) is 0 Å². The Labute approximate surface area is 134 Å². The molecule has 1 aromatic rings. The summed E-state index contributed by atoms with van der Waals surface area (Å²) in [6.07, 6.45) is 2.98. The van der Waals surface area contributed by atoms with E-state index in [-0.39, 0.29) is 24.3 Å². The second-order valence-electron chi connectivity index (χ2n) is 6.04. The molecule has 4 heteroatoms. The molecule has 3 nitrogen and oxygen atoms in total. The minimum atomic E-state index is -0.222. The zero-order chi connectivity index (χ0) is 15.4. The van der Waals surface area contributed by atoms with Crippen LogP contribution in [-0.4, -0.2) is 18.4 Å². The van der Waals surface area contributed by atoms with Crippen LogP contribution < -0.4 is 0 Å². The SMILES string of the molecule is C[C@@H]1CC[C@@H](C(=O)OCC(=O)c2ccc(Br)cc2)[C@@H](C)C1. The van der Waals surface area contributed by atoms with E-state index in [2.05, 4.69) is 29.8 Å². The smallest absolute Gasteiger partial charge is 0.309 e. The zero-order valence-electron chi connectivity index (χ0n) is 12.5. The van der Waals surface area contributed by atoms with E-state index in [0.717, 1.165) is 23.7 Å². The minimum Gasteiger partial charge on any atom is -0.457 e. The summed E-state index contributed by atoms with van der Waals surface area (Å²) in [7, 11) is 0. The van der Waals surface area contributed by atoms with Crippen molar-refractivity contribution in [3.63, 3.8) is 0 Å². The molecule has 3 atom stereocenters. The predicted octanol–water partition coefficient (Wildman–Crippen LogP) is 4.25. The van der Waals surface area contributed by atoms with Gasteiger partial charge < -0.3 is 4.74 Å². The lowest BCUT2D eigenvalue weighted by molar-refractivity contribution is -0.150. The maximum Gasteiger partial charge on any atom is 0.309 e. The van der Waals surface area contributed by atoms with Crippen LogP contribution >= 0.6 is 15.9 Å². The molecule has 0 aliphatic heterocycles. The third kappa shape index (κ3) is 4.40. The summed E-state index contributed by atoms with van der Waals surface area (Å²) in [6.45, 7) is 4.15. The molecule has 0 saturated heterocycles. The van der Waals surface area contributed by atoms with Crippen LogP contribution in [-0.2, 0) is 9.53 Å². The van der Waals surface area contributed by atoms with Crippen molar-refractivity contribution in [2.75, 3.05) is 6.61 Å². The van der Waals surface area contributed by atoms with E-state index in [1.807, 2.05) is 0 Å². The molecule has 1 aliphatic rings. The number of halogens is 1. The number of carbonyl (C=O) groups is 2. The van der Waals surface area contributed by atoms with Crippen molar-refractivity contribution in [3.8, 4) is 0 Å². The summed E-state index contributed by atoms with van der Waals surface area (Å²) in [5, 5.41) is 0. The molecule has 1 fully saturated rings. The molecular formula is C17H21BrO3. The summed E-state index contributed by atoms with van der Waals surface area (Å²) in [5.41, 5.74) is 0.566. The second kappa shape index (κ2) is 7.21. The van der Waals surface area contributed by atoms with Crippen molar-refractivity contribution in [1.29, 1.82) is 0 Å². The Morgan fingerprint density at radius 3 is 2.48 bits per heavy atom. The lowest BCUT2D eigenvalue weighted by Crippen LogP contribution is -2.31. The van der Waals surface area contributed by atoms with Gasteiger partial charge in [0.15, 0.2) is 12.4 Å². The molecule has 0 unspecified atom stereocenters. The van der Waals surface area contributed by atoms with Crippen molar-refractivity contribution in [1.82, 2.24) is 0 Å². The third-order valence-electron chi connectivity index (χ3n) is 4.25. The first-order valence-electron chi connectivity index (χ1n) is 7.42. The average Bonchev–Trinajstić information content (AvgIpc) is 2.45. The number of hydrogen-bond donors (Lipinski definition) is 0. The molecule has 0 aromatic heterocycles. The highest BCUT2D eigenvalue weighted by atomic mass is 79.9. The van der Waals surface area contributed by atoms with Gasteiger partial charge in [-0.25, -0.2) is 0 Å². The van der Waals surface area contributed by atoms with Gasteiger partial charge >= 0.3 is 5.97 Å². The van der Waals surface area contributed by atoms with Crippen LogP contribution in [0.1, 0.15) is 43.5 Å². The van der Waals surface area contributed by atoms with E-state index in [1.54, 1.807) is 24.3 Å². The molecule has 0 heterocycles. The Morgan fingerprint density at radius 1 is 1.19 bits per heavy atom. The topological polar surface area (TPSA) is 43.4 Å². The molecule has 114 valence electrons. The lowest BCUT2D eigenvalue weighted by Gasteiger charge is -2.30. The van der Waals surface area contributed by atoms with E-state index in [0.29, 0.717) is 17.4 Å². The average molecular weight is 353 g/mol. The van der Waals surface area contributed by atoms with Crippen LogP contribution in [0.3, 0.4) is 0 Å². The van der Waals surface area contributed by atoms with Crippen LogP contribution in [0, 0.1) is 17.8 Å². The van der Waals surface area contributed by atoms with Crippen LogP contribution in [0.15, 0.2) is 28.7 Å². The van der Waals surface area contributed by atoms with Crippen LogP contribution in [0.25, 0.3) is 0 Å². The van der Waals surface area contributed by atoms with Crippen molar-refractivity contribution in [3.05, 3.63) is 34.3 Å². The Morgan fingerprint density at radius 2 is 1.86 bits per heavy atom. The van der Waals surface area contributed by atoms with Gasteiger partial charge in [-0.3, -0.25) is 9.59 Å². The maximum atomic E-state index is 12.1. The number of rotatable bonds is 4. The minimum absolute atomic E-state index is 0.0566. The van der Waals surface area contributed by atoms with Crippen molar-refractivity contribution in [2.45, 2.75) is 33.1 Å². The number of Topliss-reactive ketones (excluding diaryl/α,β-unsaturated/α-hetero) is 1. The van der Waals surface area contributed by atoms with Gasteiger partial charge in [-0.1, -0.05) is 41.9 Å². The lowest BCUT2D eigenvalue weighted by atomic mass is 9.76. The summed E-state index contributed by atoms with van der Waals surface area (Å²) in [4.78, 5) is 24.1. The first kappa shape index (κ1) is 16.2. The number of ether oxygens (including phenoxy) is 1. The van der Waals surface area contributed by atoms with Gasteiger partial charge in [0.1, 0.15) is 0 Å². The maximum absolute atomic E-state index is 12.1. The van der Waals surface area contributed by atoms with Crippen molar-refractivity contribution < 1.29 is 14.3 Å². The highest BCUT2D eigenvalue weighted by Crippen LogP contribution is 2.34. The second-order valence-corrected chi connectivity index (χ2v) is 6.96. The highest BCUT2D eigenvalue weighted by molar-refractivity contribution is 9.10. The number of esters is 1. The molecule has 0 spiro atoms. The molecule has 1 saturated carbocycles. The van der Waals surface area contributed by atoms with E-state index >= 15 is 0 Å². The highest BCUT2D eigenvalue weighted by Gasteiger charge is 2.32. The number of carbonyl (C=O) groups excluding carboxylic acids is 2. The van der Waals surface area contributed by atoms with Crippen LogP contribution in [0.5, 0.6) is 0 Å². The zero-order valence-corrected chi connectivity index (χ0v) is 14.1. The standard InChI is InChI=1S/C17H21BrO3/c1-11-3-8-15(12(2)9-11)17(20)21-10-16(19)13-4-6-14(18)7-5-13/h4-7,11-12,15H,3,8-10H2,1-2H3/t11-,12+,15-/m1/s1. The van der Waals surface area contributed by atoms with Gasteiger partial charge in [-0.2, -0.15) is 0 Å². The van der Waals surface area contributed by atoms with Gasteiger partial charge in [0, 0.05) is 10.0 Å². The Bertz CT molecular complexity index is 509. The van der Waals surface area contributed by atoms with Gasteiger partial charge in [0.05, 0.1) is 5.92 Å². The molecule has 2 rings (SSSR count). The molecule has 21 heavy (non-hydrogen) atoms.